The van der Waals surface area contributed by atoms with E-state index in [0.29, 0.717) is 109 Å². The van der Waals surface area contributed by atoms with Crippen molar-refractivity contribution in [1.82, 2.24) is 58.3 Å². The van der Waals surface area contributed by atoms with Crippen LogP contribution in [0.15, 0.2) is 55.8 Å². The van der Waals surface area contributed by atoms with Crippen molar-refractivity contribution in [3.8, 4) is 40.3 Å². The number of likely N-dealkylation sites (N-methyl/N-ethyl adjacent to an activating group) is 2. The Bertz CT molecular complexity index is 3640. The number of nitrogens with one attached hydrogen (secondary N) is 2. The first kappa shape index (κ1) is 79.2. The Balaban J connectivity index is 0.000000648. The summed E-state index contributed by atoms with van der Waals surface area (Å²) in [5.74, 6) is 0.333. The van der Waals surface area contributed by atoms with Gasteiger partial charge in [0.1, 0.15) is 23.1 Å². The van der Waals surface area contributed by atoms with Gasteiger partial charge in [0, 0.05) is 68.7 Å². The van der Waals surface area contributed by atoms with Gasteiger partial charge in [0.2, 0.25) is 10.0 Å². The van der Waals surface area contributed by atoms with Gasteiger partial charge >= 0.3 is 115 Å². The molecule has 0 aliphatic carbocycles. The van der Waals surface area contributed by atoms with Crippen LogP contribution in [0.2, 0.25) is 0 Å². The summed E-state index contributed by atoms with van der Waals surface area (Å²) in [5.41, 5.74) is 1.90. The zero-order chi connectivity index (χ0) is 63.6. The van der Waals surface area contributed by atoms with Crippen LogP contribution in [-0.4, -0.2) is 196 Å². The van der Waals surface area contributed by atoms with Crippen molar-refractivity contribution in [3.05, 3.63) is 80.1 Å². The standard InChI is InChI=1S/C23H32N6O5S.C17H19ClN4O4S.C8H13F3N2O3.C2H3N.CH2O3.2K.H/c1-5-7-20-24-15(3)21-23(31)25-22(26-29(20)21)18-12-17(8-9-19(18)34-6-2)35(32,33)28-13-16(14-28)27(4)10-11-30;1-4-6-14-19-10(3)15-17(23)20-16(21-22(14)15)12-9-11(27(18,24)25)7-8-13(12)26-5-2;1-12(2-3-14)6-4-13(5-6)16-7(15)8(9,10)11;1-2-3;2-1-4-3;;;/h8-9,12,16,30H,5-7,10-11,13-14H2,1-4H3,(H,25,26,31);7-9H,4-6H2,1-3H3,(H,20,21,23);6,14H,2-5H2,1H3;1H3;1,3H;;;/q;;;;;2*+1;-1/p-1. The largest absolute Gasteiger partial charge is 1.00 e. The summed E-state index contributed by atoms with van der Waals surface area (Å²) in [7, 11) is 1.36. The van der Waals surface area contributed by atoms with Crippen LogP contribution < -0.4 is 129 Å². The second-order valence-electron chi connectivity index (χ2n) is 18.7. The van der Waals surface area contributed by atoms with Crippen molar-refractivity contribution in [2.75, 3.05) is 79.8 Å². The molecule has 2 aromatic carbocycles. The number of aromatic nitrogens is 8. The summed E-state index contributed by atoms with van der Waals surface area (Å²) in [5, 5.41) is 43.6. The molecule has 6 heterocycles. The van der Waals surface area contributed by atoms with E-state index in [1.165, 1.54) is 46.1 Å². The van der Waals surface area contributed by atoms with E-state index in [1.54, 1.807) is 49.4 Å². The van der Waals surface area contributed by atoms with E-state index in [4.69, 9.17) is 45.7 Å². The summed E-state index contributed by atoms with van der Waals surface area (Å²) in [6.07, 6.45) is -1.98. The average molecular weight is 1340 g/mol. The number of benzene rings is 2. The first-order valence-electron chi connectivity index (χ1n) is 26.3. The fourth-order valence-electron chi connectivity index (χ4n) is 8.41. The first-order chi connectivity index (χ1) is 40.1. The van der Waals surface area contributed by atoms with Gasteiger partial charge in [-0.05, 0) is 91.0 Å². The van der Waals surface area contributed by atoms with Crippen LogP contribution in [0.25, 0.3) is 33.8 Å². The number of sulfonamides is 1. The number of H-pyrrole nitrogens is 2. The molecule has 0 saturated carbocycles. The summed E-state index contributed by atoms with van der Waals surface area (Å²) in [6, 6.07) is 10.6. The van der Waals surface area contributed by atoms with Gasteiger partial charge in [0.05, 0.1) is 77.9 Å². The fourth-order valence-corrected chi connectivity index (χ4v) is 10.7. The molecule has 2 fully saturated rings. The fraction of sp³-hybridized carbons (Fsp3) is 0.510. The minimum Gasteiger partial charge on any atom is -1.00 e. The molecule has 87 heavy (non-hydrogen) atoms. The average Bonchev–Trinajstić information content (AvgIpc) is 1.47. The molecular formula is C51H69ClF3K2N13O15S2. The number of alkyl halides is 3. The summed E-state index contributed by atoms with van der Waals surface area (Å²) in [6.45, 7) is 15.2. The van der Waals surface area contributed by atoms with E-state index in [1.807, 2.05) is 32.7 Å². The van der Waals surface area contributed by atoms with Crippen LogP contribution in [0.3, 0.4) is 0 Å². The maximum absolute atomic E-state index is 13.3. The molecule has 0 amide bonds. The van der Waals surface area contributed by atoms with E-state index < -0.39 is 31.2 Å². The minimum atomic E-state index is -4.96. The number of aliphatic hydroxyl groups is 2. The normalized spacial score (nSPS) is 13.5. The van der Waals surface area contributed by atoms with Gasteiger partial charge in [-0.3, -0.25) is 24.2 Å². The van der Waals surface area contributed by atoms with Gasteiger partial charge in [-0.2, -0.15) is 22.7 Å². The Labute approximate surface area is 591 Å². The molecule has 8 rings (SSSR count). The molecule has 36 heteroatoms. The van der Waals surface area contributed by atoms with Gasteiger partial charge in [-0.25, -0.2) is 40.6 Å². The van der Waals surface area contributed by atoms with Crippen LogP contribution in [-0.2, 0) is 51.2 Å². The molecule has 4 N–H and O–H groups in total. The molecule has 0 spiro atoms. The predicted octanol–water partition coefficient (Wildman–Crippen LogP) is -3.59. The molecule has 2 aliphatic heterocycles. The Morgan fingerprint density at radius 2 is 1.20 bits per heavy atom. The molecule has 0 unspecified atom stereocenters. The van der Waals surface area contributed by atoms with E-state index in [2.05, 4.69) is 39.9 Å². The third-order valence-corrected chi connectivity index (χ3v) is 15.8. The Morgan fingerprint density at radius 1 is 0.805 bits per heavy atom. The zero-order valence-corrected chi connectivity index (χ0v) is 58.7. The Morgan fingerprint density at radius 3 is 1.55 bits per heavy atom. The Kier molecular flexibility index (Phi) is 33.6. The van der Waals surface area contributed by atoms with E-state index in [-0.39, 0.29) is 182 Å². The molecule has 2 aliphatic rings. The first-order valence-corrected chi connectivity index (χ1v) is 30.0. The second kappa shape index (κ2) is 36.9. The molecule has 2 saturated heterocycles. The molecule has 4 aromatic heterocycles. The van der Waals surface area contributed by atoms with Crippen molar-refractivity contribution in [1.29, 1.82) is 5.26 Å². The van der Waals surface area contributed by atoms with Crippen molar-refractivity contribution in [2.24, 2.45) is 0 Å². The molecule has 6 aromatic rings. The predicted molar refractivity (Wildman–Crippen MR) is 300 cm³/mol. The van der Waals surface area contributed by atoms with Crippen LogP contribution >= 0.6 is 10.7 Å². The third-order valence-electron chi connectivity index (χ3n) is 12.7. The number of hydroxylamine groups is 2. The molecule has 0 radical (unpaired) electrons. The number of aliphatic hydroxyl groups excluding tert-OH is 2. The van der Waals surface area contributed by atoms with Crippen LogP contribution in [0, 0.1) is 25.2 Å². The number of rotatable bonds is 21. The number of aromatic amines is 2. The summed E-state index contributed by atoms with van der Waals surface area (Å²) in [4.78, 5) is 69.4. The molecule has 470 valence electrons. The van der Waals surface area contributed by atoms with Crippen molar-refractivity contribution < 1.29 is 178 Å². The monoisotopic (exact) mass is 1340 g/mol. The number of halogens is 4. The maximum atomic E-state index is 13.3. The summed E-state index contributed by atoms with van der Waals surface area (Å²) < 4.78 is 101. The van der Waals surface area contributed by atoms with Crippen LogP contribution in [0.5, 0.6) is 11.5 Å². The number of nitrogens with zero attached hydrogens (tertiary/aromatic N) is 11. The number of fused-ring (bicyclic) bond motifs is 2. The van der Waals surface area contributed by atoms with Crippen molar-refractivity contribution in [2.45, 2.75) is 102 Å². The number of hydrogen-bond donors (Lipinski definition) is 4. The molecular weight excluding hydrogens is 1270 g/mol. The number of carbonyl (C=O) groups excluding carboxylic acids is 2. The van der Waals surface area contributed by atoms with Crippen molar-refractivity contribution >= 4 is 53.2 Å². The maximum Gasteiger partial charge on any atom is 1.00 e. The van der Waals surface area contributed by atoms with Gasteiger partial charge in [-0.15, -0.1) is 15.3 Å². The van der Waals surface area contributed by atoms with E-state index in [9.17, 15) is 44.4 Å². The topological polar surface area (TPSA) is 366 Å². The number of hydrogen-bond acceptors (Lipinski definition) is 23. The minimum absolute atomic E-state index is 0. The number of imidazole rings is 2. The van der Waals surface area contributed by atoms with Gasteiger partial charge < -0.3 is 46.1 Å². The SMILES string of the molecule is CC#N.CCCc1nc(C)c2c(=O)[nH]c(-c3cc(S(=O)(=O)Cl)ccc3OCC)nn12.CCCc1nc(C)c2c(=O)[nH]c(-c3cc(S(=O)(=O)N4CC(N(C)CCO)C4)ccc3OCC)nn12.CN(CCO)C1CN(OC(=O)C(F)(F)F)C1.O=CO[O-].[H-].[K+].[K+]. The Hall–Kier alpha value is -3.86. The molecule has 0 atom stereocenters. The van der Waals surface area contributed by atoms with E-state index >= 15 is 0 Å². The smallest absolute Gasteiger partial charge is 1.00 e. The van der Waals surface area contributed by atoms with Gasteiger partial charge in [0.15, 0.2) is 22.7 Å². The molecule has 0 bridgehead atoms. The van der Waals surface area contributed by atoms with Crippen LogP contribution in [0.1, 0.15) is 71.9 Å². The number of aryl methyl sites for hydroxylation is 4. The van der Waals surface area contributed by atoms with E-state index in [0.717, 1.165) is 17.9 Å². The number of nitriles is 1. The van der Waals surface area contributed by atoms with Crippen molar-refractivity contribution in [3.63, 3.8) is 0 Å². The number of ether oxygens (including phenoxy) is 2. The number of carbonyl (C=O) groups is 2. The zero-order valence-electron chi connectivity index (χ0n) is 51.0. The van der Waals surface area contributed by atoms with Crippen LogP contribution in [0.4, 0.5) is 13.2 Å². The quantitative estimate of drug-likeness (QED) is 0.0178. The van der Waals surface area contributed by atoms with Gasteiger partial charge in [0.25, 0.3) is 26.6 Å². The third kappa shape index (κ3) is 21.4. The second-order valence-corrected chi connectivity index (χ2v) is 23.2. The summed E-state index contributed by atoms with van der Waals surface area (Å²) >= 11 is 0. The van der Waals surface area contributed by atoms with Gasteiger partial charge in [-0.1, -0.05) is 13.8 Å². The molecule has 28 nitrogen and oxygen atoms in total.